The second kappa shape index (κ2) is 10.1. The third-order valence-corrected chi connectivity index (χ3v) is 7.31. The molecule has 8 nitrogen and oxygen atoms in total. The van der Waals surface area contributed by atoms with Gasteiger partial charge in [0.2, 0.25) is 5.91 Å². The number of hydrogen-bond donors (Lipinski definition) is 1. The summed E-state index contributed by atoms with van der Waals surface area (Å²) in [6.07, 6.45) is -0.494. The highest BCUT2D eigenvalue weighted by Gasteiger charge is 2.45. The van der Waals surface area contributed by atoms with Crippen LogP contribution < -0.4 is 10.6 Å². The number of primary amides is 1. The van der Waals surface area contributed by atoms with Crippen LogP contribution in [0.5, 0.6) is 0 Å². The molecule has 0 saturated heterocycles. The van der Waals surface area contributed by atoms with E-state index < -0.39 is 23.5 Å². The number of rotatable bonds is 9. The number of hydrogen-bond acceptors (Lipinski definition) is 6. The molecule has 0 unspecified atom stereocenters. The highest BCUT2D eigenvalue weighted by atomic mass is 32.1. The van der Waals surface area contributed by atoms with Crippen LogP contribution in [0.25, 0.3) is 0 Å². The Hall–Kier alpha value is -2.91. The van der Waals surface area contributed by atoms with Crippen molar-refractivity contribution < 1.29 is 23.9 Å². The molecule has 1 atom stereocenters. The summed E-state index contributed by atoms with van der Waals surface area (Å²) in [5.41, 5.74) is 6.91. The predicted octanol–water partition coefficient (Wildman–Crippen LogP) is 4.41. The molecule has 1 aliphatic rings. The first-order valence-electron chi connectivity index (χ1n) is 11.4. The van der Waals surface area contributed by atoms with Gasteiger partial charge in [-0.05, 0) is 52.7 Å². The van der Waals surface area contributed by atoms with E-state index in [0.29, 0.717) is 9.88 Å². The molecular formula is C25H33N3O5S. The molecule has 0 fully saturated rings. The minimum absolute atomic E-state index is 0.0807. The van der Waals surface area contributed by atoms with Gasteiger partial charge in [0, 0.05) is 5.56 Å². The highest BCUT2D eigenvalue weighted by molar-refractivity contribution is 7.18. The van der Waals surface area contributed by atoms with Crippen molar-refractivity contribution in [3.8, 4) is 0 Å². The van der Waals surface area contributed by atoms with E-state index in [1.807, 2.05) is 51.1 Å². The zero-order chi connectivity index (χ0) is 25.2. The van der Waals surface area contributed by atoms with Gasteiger partial charge < -0.3 is 20.1 Å². The molecule has 2 N–H and O–H groups in total. The molecule has 184 valence electrons. The minimum atomic E-state index is -1.23. The summed E-state index contributed by atoms with van der Waals surface area (Å²) in [5, 5.41) is 0.662. The molecule has 9 heteroatoms. The van der Waals surface area contributed by atoms with E-state index in [-0.39, 0.29) is 31.8 Å². The molecule has 0 radical (unpaired) electrons. The summed E-state index contributed by atoms with van der Waals surface area (Å²) < 4.78 is 11.4. The summed E-state index contributed by atoms with van der Waals surface area (Å²) in [6, 6.07) is 9.32. The third kappa shape index (κ3) is 4.95. The molecule has 0 spiro atoms. The van der Waals surface area contributed by atoms with E-state index in [9.17, 15) is 14.4 Å². The summed E-state index contributed by atoms with van der Waals surface area (Å²) in [5.74, 6) is -1.04. The zero-order valence-corrected chi connectivity index (χ0v) is 21.4. The lowest BCUT2D eigenvalue weighted by Crippen LogP contribution is -2.61. The minimum Gasteiger partial charge on any atom is -0.462 e. The number of carbonyl (C=O) groups is 3. The van der Waals surface area contributed by atoms with Crippen molar-refractivity contribution in [3.63, 3.8) is 0 Å². The van der Waals surface area contributed by atoms with Crippen LogP contribution in [0.4, 0.5) is 9.80 Å². The van der Waals surface area contributed by atoms with Crippen LogP contribution in [-0.2, 0) is 20.8 Å². The van der Waals surface area contributed by atoms with Gasteiger partial charge >= 0.3 is 12.0 Å². The Balaban J connectivity index is 2.11. The van der Waals surface area contributed by atoms with E-state index >= 15 is 0 Å². The number of benzene rings is 1. The van der Waals surface area contributed by atoms with Crippen molar-refractivity contribution in [2.45, 2.75) is 65.8 Å². The average Bonchev–Trinajstić information content (AvgIpc) is 3.11. The Morgan fingerprint density at radius 2 is 1.85 bits per heavy atom. The van der Waals surface area contributed by atoms with Gasteiger partial charge in [0.25, 0.3) is 0 Å². The van der Waals surface area contributed by atoms with Crippen LogP contribution in [0.3, 0.4) is 0 Å². The Bertz CT molecular complexity index is 1060. The van der Waals surface area contributed by atoms with Crippen molar-refractivity contribution in [1.82, 2.24) is 4.90 Å². The first-order valence-corrected chi connectivity index (χ1v) is 12.2. The maximum atomic E-state index is 13.8. The molecule has 0 aliphatic carbocycles. The molecule has 3 rings (SSSR count). The lowest BCUT2D eigenvalue weighted by Gasteiger charge is -2.43. The SMILES string of the molecule is CCOC(=O)c1sc2c(c1C)CN(C(C)(C)C(N)=O)C(=O)N2C[C@@H](OC(C)C)c1ccccc1. The predicted molar refractivity (Wildman–Crippen MR) is 132 cm³/mol. The summed E-state index contributed by atoms with van der Waals surface area (Å²) >= 11 is 1.23. The molecule has 2 aromatic rings. The van der Waals surface area contributed by atoms with Crippen LogP contribution in [0.2, 0.25) is 0 Å². The molecule has 1 aromatic heterocycles. The second-order valence-corrected chi connectivity index (χ2v) is 10.0. The Kier molecular flexibility index (Phi) is 7.67. The average molecular weight is 488 g/mol. The molecule has 3 amide bonds. The van der Waals surface area contributed by atoms with Crippen LogP contribution in [-0.4, -0.2) is 47.6 Å². The van der Waals surface area contributed by atoms with E-state index in [0.717, 1.165) is 16.7 Å². The number of nitrogens with zero attached hydrogens (tertiary/aromatic N) is 2. The van der Waals surface area contributed by atoms with Gasteiger partial charge in [-0.3, -0.25) is 9.69 Å². The standard InChI is InChI=1S/C25H33N3O5S/c1-7-32-22(29)20-16(4)18-13-28(25(5,6)23(26)30)24(31)27(21(18)34-20)14-19(33-15(2)3)17-11-9-8-10-12-17/h8-12,15,19H,7,13-14H2,1-6H3,(H2,26,30)/t19-/m1/s1. The largest absolute Gasteiger partial charge is 0.462 e. The quantitative estimate of drug-likeness (QED) is 0.528. The van der Waals surface area contributed by atoms with Gasteiger partial charge in [-0.1, -0.05) is 30.3 Å². The first kappa shape index (κ1) is 25.7. The van der Waals surface area contributed by atoms with Crippen molar-refractivity contribution >= 4 is 34.2 Å². The monoisotopic (exact) mass is 487 g/mol. The number of amides is 3. The maximum Gasteiger partial charge on any atom is 0.348 e. The number of anilines is 1. The van der Waals surface area contributed by atoms with Crippen molar-refractivity contribution in [3.05, 3.63) is 51.9 Å². The van der Waals surface area contributed by atoms with E-state index in [1.165, 1.54) is 16.2 Å². The van der Waals surface area contributed by atoms with Crippen LogP contribution in [0.1, 0.15) is 67.1 Å². The van der Waals surface area contributed by atoms with Crippen molar-refractivity contribution in [1.29, 1.82) is 0 Å². The smallest absolute Gasteiger partial charge is 0.348 e. The van der Waals surface area contributed by atoms with Crippen LogP contribution in [0.15, 0.2) is 30.3 Å². The lowest BCUT2D eigenvalue weighted by molar-refractivity contribution is -0.127. The van der Waals surface area contributed by atoms with Gasteiger partial charge in [-0.2, -0.15) is 0 Å². The van der Waals surface area contributed by atoms with Gasteiger partial charge in [0.15, 0.2) is 0 Å². The fraction of sp³-hybridized carbons (Fsp3) is 0.480. The topological polar surface area (TPSA) is 102 Å². The van der Waals surface area contributed by atoms with Gasteiger partial charge in [0.1, 0.15) is 21.5 Å². The molecule has 1 aromatic carbocycles. The maximum absolute atomic E-state index is 13.8. The van der Waals surface area contributed by atoms with E-state index in [2.05, 4.69) is 0 Å². The highest BCUT2D eigenvalue weighted by Crippen LogP contribution is 2.43. The Morgan fingerprint density at radius 1 is 1.21 bits per heavy atom. The summed E-state index contributed by atoms with van der Waals surface area (Å²) in [6.45, 7) is 11.4. The number of urea groups is 1. The fourth-order valence-corrected chi connectivity index (χ4v) is 5.12. The normalized spacial score (nSPS) is 14.9. The number of fused-ring (bicyclic) bond motifs is 1. The second-order valence-electron chi connectivity index (χ2n) is 9.05. The molecule has 34 heavy (non-hydrogen) atoms. The molecule has 0 bridgehead atoms. The number of ether oxygens (including phenoxy) is 2. The fourth-order valence-electron chi connectivity index (χ4n) is 3.91. The van der Waals surface area contributed by atoms with Crippen LogP contribution >= 0.6 is 11.3 Å². The first-order chi connectivity index (χ1) is 16.0. The number of nitrogens with two attached hydrogens (primary N) is 1. The van der Waals surface area contributed by atoms with Crippen molar-refractivity contribution in [2.24, 2.45) is 5.73 Å². The van der Waals surface area contributed by atoms with Crippen molar-refractivity contribution in [2.75, 3.05) is 18.1 Å². The van der Waals surface area contributed by atoms with Gasteiger partial charge in [0.05, 0.1) is 25.8 Å². The lowest BCUT2D eigenvalue weighted by atomic mass is 9.98. The van der Waals surface area contributed by atoms with Gasteiger partial charge in [-0.25, -0.2) is 9.59 Å². The van der Waals surface area contributed by atoms with Crippen LogP contribution in [0, 0.1) is 6.92 Å². The van der Waals surface area contributed by atoms with E-state index in [4.69, 9.17) is 15.2 Å². The Morgan fingerprint density at radius 3 is 2.41 bits per heavy atom. The third-order valence-electron chi connectivity index (χ3n) is 5.97. The molecule has 2 heterocycles. The van der Waals surface area contributed by atoms with E-state index in [1.54, 1.807) is 25.7 Å². The summed E-state index contributed by atoms with van der Waals surface area (Å²) in [7, 11) is 0. The molecule has 0 saturated carbocycles. The van der Waals surface area contributed by atoms with Gasteiger partial charge in [-0.15, -0.1) is 11.3 Å². The number of thiophene rings is 1. The Labute approximate surface area is 204 Å². The molecule has 1 aliphatic heterocycles. The number of esters is 1. The number of carbonyl (C=O) groups excluding carboxylic acids is 3. The zero-order valence-electron chi connectivity index (χ0n) is 20.6. The summed E-state index contributed by atoms with van der Waals surface area (Å²) in [4.78, 5) is 42.2. The molecular weight excluding hydrogens is 454 g/mol.